The molecular formula is C13H8Cl2FNO2. The summed E-state index contributed by atoms with van der Waals surface area (Å²) in [4.78, 5) is 15.2. The number of rotatable bonds is 2. The second-order valence-corrected chi connectivity index (χ2v) is 4.40. The molecule has 0 atom stereocenters. The number of hydrogen-bond acceptors (Lipinski definition) is 3. The lowest BCUT2D eigenvalue weighted by molar-refractivity contribution is 0.0601. The Kier molecular flexibility index (Phi) is 4.02. The summed E-state index contributed by atoms with van der Waals surface area (Å²) in [5.74, 6) is -1.49. The smallest absolute Gasteiger partial charge is 0.338 e. The lowest BCUT2D eigenvalue weighted by Gasteiger charge is -2.10. The number of aromatic nitrogens is 1. The standard InChI is InChI=1S/C13H8Cl2FNO2/c1-19-13(18)8-5-6-17-12(16)10(8)7-3-2-4-9(14)11(7)15/h2-6H,1H3. The first-order valence-corrected chi connectivity index (χ1v) is 5.99. The van der Waals surface area contributed by atoms with Crippen molar-refractivity contribution >= 4 is 29.2 Å². The van der Waals surface area contributed by atoms with E-state index in [1.165, 1.54) is 19.4 Å². The largest absolute Gasteiger partial charge is 0.465 e. The number of ether oxygens (including phenoxy) is 1. The van der Waals surface area contributed by atoms with Crippen LogP contribution in [0.1, 0.15) is 10.4 Å². The second kappa shape index (κ2) is 5.55. The first-order valence-electron chi connectivity index (χ1n) is 5.23. The summed E-state index contributed by atoms with van der Waals surface area (Å²) >= 11 is 11.9. The number of methoxy groups -OCH3 is 1. The SMILES string of the molecule is COC(=O)c1ccnc(F)c1-c1cccc(Cl)c1Cl. The van der Waals surface area contributed by atoms with E-state index in [2.05, 4.69) is 9.72 Å². The lowest BCUT2D eigenvalue weighted by atomic mass is 10.0. The van der Waals surface area contributed by atoms with Gasteiger partial charge in [-0.15, -0.1) is 0 Å². The maximum atomic E-state index is 13.9. The van der Waals surface area contributed by atoms with E-state index in [9.17, 15) is 9.18 Å². The van der Waals surface area contributed by atoms with Crippen molar-refractivity contribution < 1.29 is 13.9 Å². The first-order chi connectivity index (χ1) is 9.06. The average Bonchev–Trinajstić information content (AvgIpc) is 2.41. The van der Waals surface area contributed by atoms with Crippen molar-refractivity contribution in [1.82, 2.24) is 4.98 Å². The van der Waals surface area contributed by atoms with Gasteiger partial charge in [0.15, 0.2) is 0 Å². The van der Waals surface area contributed by atoms with Crippen LogP contribution in [0, 0.1) is 5.95 Å². The van der Waals surface area contributed by atoms with E-state index in [0.29, 0.717) is 5.56 Å². The number of benzene rings is 1. The maximum absolute atomic E-state index is 13.9. The van der Waals surface area contributed by atoms with E-state index < -0.39 is 11.9 Å². The molecule has 6 heteroatoms. The molecule has 0 saturated carbocycles. The highest BCUT2D eigenvalue weighted by atomic mass is 35.5. The van der Waals surface area contributed by atoms with Gasteiger partial charge in [-0.25, -0.2) is 9.78 Å². The lowest BCUT2D eigenvalue weighted by Crippen LogP contribution is -2.06. The Balaban J connectivity index is 2.74. The summed E-state index contributed by atoms with van der Waals surface area (Å²) in [6.07, 6.45) is 1.18. The molecular weight excluding hydrogens is 292 g/mol. The third-order valence-electron chi connectivity index (χ3n) is 2.53. The van der Waals surface area contributed by atoms with E-state index in [1.807, 2.05) is 0 Å². The molecule has 98 valence electrons. The number of esters is 1. The molecule has 0 aliphatic carbocycles. The molecule has 0 bridgehead atoms. The Labute approximate surface area is 118 Å². The molecule has 0 saturated heterocycles. The predicted molar refractivity (Wildman–Crippen MR) is 71.0 cm³/mol. The van der Waals surface area contributed by atoms with Crippen molar-refractivity contribution in [3.8, 4) is 11.1 Å². The zero-order chi connectivity index (χ0) is 14.0. The van der Waals surface area contributed by atoms with E-state index in [0.717, 1.165) is 0 Å². The number of carbonyl (C=O) groups is 1. The van der Waals surface area contributed by atoms with Gasteiger partial charge in [0, 0.05) is 11.8 Å². The minimum atomic E-state index is -0.813. The van der Waals surface area contributed by atoms with Crippen LogP contribution in [0.4, 0.5) is 4.39 Å². The third-order valence-corrected chi connectivity index (χ3v) is 3.35. The summed E-state index contributed by atoms with van der Waals surface area (Å²) in [7, 11) is 1.21. The number of nitrogens with zero attached hydrogens (tertiary/aromatic N) is 1. The molecule has 0 N–H and O–H groups in total. The molecule has 2 rings (SSSR count). The van der Waals surface area contributed by atoms with Crippen LogP contribution in [0.25, 0.3) is 11.1 Å². The van der Waals surface area contributed by atoms with Crippen molar-refractivity contribution in [2.24, 2.45) is 0 Å². The van der Waals surface area contributed by atoms with E-state index >= 15 is 0 Å². The summed E-state index contributed by atoms with van der Waals surface area (Å²) in [6, 6.07) is 6.10. The molecule has 1 heterocycles. The molecule has 0 radical (unpaired) electrons. The highest BCUT2D eigenvalue weighted by Crippen LogP contribution is 2.36. The molecule has 0 unspecified atom stereocenters. The zero-order valence-electron chi connectivity index (χ0n) is 9.78. The maximum Gasteiger partial charge on any atom is 0.338 e. The quantitative estimate of drug-likeness (QED) is 0.622. The molecule has 1 aromatic heterocycles. The van der Waals surface area contributed by atoms with Crippen LogP contribution in [0.3, 0.4) is 0 Å². The molecule has 0 aliphatic rings. The summed E-state index contributed by atoms with van der Waals surface area (Å²) in [6.45, 7) is 0. The normalized spacial score (nSPS) is 10.3. The number of pyridine rings is 1. The first kappa shape index (κ1) is 13.8. The Hall–Kier alpha value is -1.65. The molecule has 0 spiro atoms. The fourth-order valence-electron chi connectivity index (χ4n) is 1.67. The fourth-order valence-corrected chi connectivity index (χ4v) is 2.06. The predicted octanol–water partition coefficient (Wildman–Crippen LogP) is 3.98. The van der Waals surface area contributed by atoms with Crippen LogP contribution in [0.15, 0.2) is 30.5 Å². The molecule has 1 aromatic carbocycles. The van der Waals surface area contributed by atoms with Crippen molar-refractivity contribution in [1.29, 1.82) is 0 Å². The Morgan fingerprint density at radius 2 is 2.05 bits per heavy atom. The fraction of sp³-hybridized carbons (Fsp3) is 0.0769. The van der Waals surface area contributed by atoms with Crippen LogP contribution >= 0.6 is 23.2 Å². The van der Waals surface area contributed by atoms with Crippen LogP contribution in [0.5, 0.6) is 0 Å². The Morgan fingerprint density at radius 1 is 1.32 bits per heavy atom. The van der Waals surface area contributed by atoms with Gasteiger partial charge >= 0.3 is 5.97 Å². The topological polar surface area (TPSA) is 39.2 Å². The van der Waals surface area contributed by atoms with Crippen molar-refractivity contribution in [2.45, 2.75) is 0 Å². The Morgan fingerprint density at radius 3 is 2.74 bits per heavy atom. The molecule has 19 heavy (non-hydrogen) atoms. The van der Waals surface area contributed by atoms with Crippen LogP contribution < -0.4 is 0 Å². The molecule has 3 nitrogen and oxygen atoms in total. The van der Waals surface area contributed by atoms with Crippen LogP contribution in [-0.4, -0.2) is 18.1 Å². The van der Waals surface area contributed by atoms with Gasteiger partial charge < -0.3 is 4.74 Å². The van der Waals surface area contributed by atoms with E-state index in [1.54, 1.807) is 18.2 Å². The van der Waals surface area contributed by atoms with Crippen molar-refractivity contribution in [2.75, 3.05) is 7.11 Å². The molecule has 0 aliphatic heterocycles. The van der Waals surface area contributed by atoms with Gasteiger partial charge in [-0.2, -0.15) is 4.39 Å². The highest BCUT2D eigenvalue weighted by molar-refractivity contribution is 6.43. The van der Waals surface area contributed by atoms with Gasteiger partial charge in [0.1, 0.15) is 0 Å². The van der Waals surface area contributed by atoms with Crippen molar-refractivity contribution in [3.63, 3.8) is 0 Å². The van der Waals surface area contributed by atoms with Gasteiger partial charge in [0.05, 0.1) is 28.3 Å². The van der Waals surface area contributed by atoms with Crippen molar-refractivity contribution in [3.05, 3.63) is 52.0 Å². The van der Waals surface area contributed by atoms with Gasteiger partial charge in [-0.3, -0.25) is 0 Å². The highest BCUT2D eigenvalue weighted by Gasteiger charge is 2.20. The van der Waals surface area contributed by atoms with Gasteiger partial charge in [-0.1, -0.05) is 35.3 Å². The summed E-state index contributed by atoms with van der Waals surface area (Å²) < 4.78 is 18.5. The minimum absolute atomic E-state index is 0.0261. The average molecular weight is 300 g/mol. The third kappa shape index (κ3) is 2.55. The van der Waals surface area contributed by atoms with Crippen LogP contribution in [-0.2, 0) is 4.74 Å². The number of hydrogen-bond donors (Lipinski definition) is 0. The Bertz CT molecular complexity index is 647. The molecule has 0 amide bonds. The summed E-state index contributed by atoms with van der Waals surface area (Å²) in [5, 5.41) is 0.416. The van der Waals surface area contributed by atoms with E-state index in [4.69, 9.17) is 23.2 Å². The molecule has 2 aromatic rings. The molecule has 0 fully saturated rings. The monoisotopic (exact) mass is 299 g/mol. The number of carbonyl (C=O) groups excluding carboxylic acids is 1. The van der Waals surface area contributed by atoms with Gasteiger partial charge in [0.2, 0.25) is 5.95 Å². The number of halogens is 3. The summed E-state index contributed by atoms with van der Waals surface area (Å²) in [5.41, 5.74) is 0.307. The minimum Gasteiger partial charge on any atom is -0.465 e. The van der Waals surface area contributed by atoms with Gasteiger partial charge in [0.25, 0.3) is 0 Å². The van der Waals surface area contributed by atoms with Crippen LogP contribution in [0.2, 0.25) is 10.0 Å². The second-order valence-electron chi connectivity index (χ2n) is 3.62. The van der Waals surface area contributed by atoms with Gasteiger partial charge in [-0.05, 0) is 12.1 Å². The van der Waals surface area contributed by atoms with E-state index in [-0.39, 0.29) is 21.2 Å². The zero-order valence-corrected chi connectivity index (χ0v) is 11.3.